The summed E-state index contributed by atoms with van der Waals surface area (Å²) in [5.74, 6) is 0. The molecule has 0 spiro atoms. The zero-order valence-electron chi connectivity index (χ0n) is 6.02. The van der Waals surface area contributed by atoms with Gasteiger partial charge in [-0.3, -0.25) is 0 Å². The van der Waals surface area contributed by atoms with Crippen LogP contribution in [0.2, 0.25) is 0 Å². The Morgan fingerprint density at radius 1 is 1.44 bits per heavy atom. The Hall–Kier alpha value is -0.123. The molecule has 9 heavy (non-hydrogen) atoms. The number of rotatable bonds is 0. The summed E-state index contributed by atoms with van der Waals surface area (Å²) in [5.41, 5.74) is 1.89. The monoisotopic (exact) mass is 145 g/mol. The van der Waals surface area contributed by atoms with Crippen LogP contribution < -0.4 is 5.32 Å². The van der Waals surface area contributed by atoms with E-state index in [1.54, 1.807) is 0 Å². The lowest BCUT2D eigenvalue weighted by Gasteiger charge is -2.10. The van der Waals surface area contributed by atoms with E-state index in [4.69, 9.17) is 4.74 Å². The van der Waals surface area contributed by atoms with E-state index < -0.39 is 0 Å². The van der Waals surface area contributed by atoms with Crippen molar-refractivity contribution in [3.63, 3.8) is 0 Å². The molecular formula is C6H15NOSi. The highest BCUT2D eigenvalue weighted by Crippen LogP contribution is 1.76. The number of hydrogen-bond acceptors (Lipinski definition) is 2. The minimum Gasteiger partial charge on any atom is -0.379 e. The summed E-state index contributed by atoms with van der Waals surface area (Å²) >= 11 is 0. The van der Waals surface area contributed by atoms with Crippen molar-refractivity contribution in [2.75, 3.05) is 26.3 Å². The highest BCUT2D eigenvalue weighted by Gasteiger charge is 1.92. The van der Waals surface area contributed by atoms with Gasteiger partial charge in [0.25, 0.3) is 0 Å². The molecule has 0 aromatic carbocycles. The maximum Gasteiger partial charge on any atom is 0.0591 e. The molecule has 3 heteroatoms. The van der Waals surface area contributed by atoms with Crippen LogP contribution in [-0.4, -0.2) is 36.5 Å². The van der Waals surface area contributed by atoms with Crippen LogP contribution in [0.1, 0.15) is 0 Å². The first-order valence-corrected chi connectivity index (χ1v) is 4.42. The summed E-state index contributed by atoms with van der Waals surface area (Å²) in [4.78, 5) is 0. The molecule has 0 radical (unpaired) electrons. The van der Waals surface area contributed by atoms with Crippen LogP contribution in [0.3, 0.4) is 0 Å². The Balaban J connectivity index is 0.000000187. The van der Waals surface area contributed by atoms with Gasteiger partial charge in [-0.15, -0.1) is 12.3 Å². The molecule has 0 aliphatic carbocycles. The second-order valence-corrected chi connectivity index (χ2v) is 2.59. The van der Waals surface area contributed by atoms with Gasteiger partial charge in [0.1, 0.15) is 0 Å². The molecule has 1 rings (SSSR count). The van der Waals surface area contributed by atoms with Gasteiger partial charge in [0.2, 0.25) is 0 Å². The summed E-state index contributed by atoms with van der Waals surface area (Å²) in [6.07, 6.45) is 0. The molecule has 0 unspecified atom stereocenters. The number of nitrogens with one attached hydrogen (secondary N) is 1. The summed E-state index contributed by atoms with van der Waals surface area (Å²) in [5, 5.41) is 3.16. The molecule has 1 aliphatic rings. The van der Waals surface area contributed by atoms with Crippen molar-refractivity contribution in [1.29, 1.82) is 0 Å². The second kappa shape index (κ2) is 7.88. The second-order valence-electron chi connectivity index (χ2n) is 1.77. The van der Waals surface area contributed by atoms with Gasteiger partial charge in [-0.2, -0.15) is 0 Å². The fraction of sp³-hybridized carbons (Fsp3) is 0.667. The van der Waals surface area contributed by atoms with E-state index in [0.717, 1.165) is 36.5 Å². The van der Waals surface area contributed by atoms with Crippen molar-refractivity contribution in [2.45, 2.75) is 0 Å². The Morgan fingerprint density at radius 2 is 1.89 bits per heavy atom. The molecule has 54 valence electrons. The van der Waals surface area contributed by atoms with Gasteiger partial charge in [0.15, 0.2) is 0 Å². The third-order valence-electron chi connectivity index (χ3n) is 0.846. The lowest BCUT2D eigenvalue weighted by atomic mass is 10.5. The molecule has 1 N–H and O–H groups in total. The number of hydrogen-bond donors (Lipinski definition) is 1. The fourth-order valence-corrected chi connectivity index (χ4v) is 0.516. The molecule has 0 aromatic rings. The topological polar surface area (TPSA) is 21.3 Å². The Labute approximate surface area is 59.7 Å². The van der Waals surface area contributed by atoms with Gasteiger partial charge in [-0.05, 0) is 0 Å². The highest BCUT2D eigenvalue weighted by molar-refractivity contribution is 6.16. The highest BCUT2D eigenvalue weighted by atomic mass is 28.1. The fourth-order valence-electron chi connectivity index (χ4n) is 0.516. The van der Waals surface area contributed by atoms with E-state index in [1.165, 1.54) is 0 Å². The Morgan fingerprint density at radius 3 is 2.00 bits per heavy atom. The van der Waals surface area contributed by atoms with E-state index in [9.17, 15) is 0 Å². The first-order chi connectivity index (χ1) is 4.41. The smallest absolute Gasteiger partial charge is 0.0591 e. The predicted octanol–water partition coefficient (Wildman–Crippen LogP) is -0.899. The molecule has 0 amide bonds. The Kier molecular flexibility index (Phi) is 7.77. The number of ether oxygens (including phenoxy) is 1. The van der Waals surface area contributed by atoms with Crippen LogP contribution in [0.4, 0.5) is 0 Å². The van der Waals surface area contributed by atoms with Gasteiger partial charge in [-0.1, -0.05) is 0 Å². The van der Waals surface area contributed by atoms with Crippen molar-refractivity contribution < 1.29 is 4.74 Å². The van der Waals surface area contributed by atoms with Crippen LogP contribution in [0.25, 0.3) is 0 Å². The van der Waals surface area contributed by atoms with Crippen LogP contribution >= 0.6 is 0 Å². The molecule has 0 saturated carbocycles. The Bertz CT molecular complexity index is 52.6. The largest absolute Gasteiger partial charge is 0.379 e. The van der Waals surface area contributed by atoms with E-state index in [-0.39, 0.29) is 0 Å². The van der Waals surface area contributed by atoms with Crippen LogP contribution in [0.15, 0.2) is 12.3 Å². The van der Waals surface area contributed by atoms with Gasteiger partial charge < -0.3 is 10.1 Å². The summed E-state index contributed by atoms with van der Waals surface area (Å²) in [6.45, 7) is 7.26. The maximum atomic E-state index is 5.01. The predicted molar refractivity (Wildman–Crippen MR) is 43.8 cm³/mol. The molecule has 2 nitrogen and oxygen atoms in total. The summed E-state index contributed by atoms with van der Waals surface area (Å²) in [6, 6.07) is 0. The van der Waals surface area contributed by atoms with Crippen LogP contribution in [0.5, 0.6) is 0 Å². The lowest BCUT2D eigenvalue weighted by Crippen LogP contribution is -2.30. The van der Waals surface area contributed by atoms with Crippen molar-refractivity contribution in [3.05, 3.63) is 12.3 Å². The number of morpholine rings is 1. The molecule has 1 fully saturated rings. The van der Waals surface area contributed by atoms with E-state index >= 15 is 0 Å². The lowest BCUT2D eigenvalue weighted by molar-refractivity contribution is 0.109. The average molecular weight is 145 g/mol. The van der Waals surface area contributed by atoms with E-state index in [0.29, 0.717) is 0 Å². The molecule has 0 atom stereocenters. The van der Waals surface area contributed by atoms with Gasteiger partial charge >= 0.3 is 0 Å². The zero-order chi connectivity index (χ0) is 6.95. The quantitative estimate of drug-likeness (QED) is 0.446. The molecule has 1 heterocycles. The standard InChI is InChI=1S/C4H9NO.C2H6Si/c1-3-6-4-2-5-1;1-2-3/h5H,1-4H2;2H,1H2,3H3. The van der Waals surface area contributed by atoms with E-state index in [1.807, 2.05) is 5.70 Å². The van der Waals surface area contributed by atoms with Crippen LogP contribution in [-0.2, 0) is 4.74 Å². The zero-order valence-corrected chi connectivity index (χ0v) is 8.02. The third-order valence-corrected chi connectivity index (χ3v) is 0.846. The average Bonchev–Trinajstić information content (AvgIpc) is 1.93. The first kappa shape index (κ1) is 8.88. The molecule has 1 aliphatic heterocycles. The first-order valence-electron chi connectivity index (χ1n) is 3.27. The van der Waals surface area contributed by atoms with Crippen molar-refractivity contribution >= 4 is 10.2 Å². The van der Waals surface area contributed by atoms with Crippen molar-refractivity contribution in [1.82, 2.24) is 5.32 Å². The van der Waals surface area contributed by atoms with Gasteiger partial charge in [0.05, 0.1) is 13.2 Å². The van der Waals surface area contributed by atoms with Crippen LogP contribution in [0, 0.1) is 0 Å². The molecule has 0 bridgehead atoms. The minimum atomic E-state index is 0.889. The van der Waals surface area contributed by atoms with E-state index in [2.05, 4.69) is 11.9 Å². The minimum absolute atomic E-state index is 0.889. The normalized spacial score (nSPS) is 17.8. The summed E-state index contributed by atoms with van der Waals surface area (Å²) < 4.78 is 5.01. The summed E-state index contributed by atoms with van der Waals surface area (Å²) in [7, 11) is 1.13. The maximum absolute atomic E-state index is 5.01. The third kappa shape index (κ3) is 7.88. The van der Waals surface area contributed by atoms with Crippen molar-refractivity contribution in [3.8, 4) is 0 Å². The van der Waals surface area contributed by atoms with Gasteiger partial charge in [-0.25, -0.2) is 0 Å². The van der Waals surface area contributed by atoms with Crippen molar-refractivity contribution in [2.24, 2.45) is 0 Å². The van der Waals surface area contributed by atoms with Gasteiger partial charge in [0, 0.05) is 23.3 Å². The SMILES string of the molecule is C1COCCN1.C=C[SiH3]. The molecular weight excluding hydrogens is 130 g/mol. The molecule has 0 aromatic heterocycles. The molecule has 1 saturated heterocycles.